The van der Waals surface area contributed by atoms with E-state index in [9.17, 15) is 9.18 Å². The van der Waals surface area contributed by atoms with Gasteiger partial charge in [0.2, 0.25) is 0 Å². The van der Waals surface area contributed by atoms with Gasteiger partial charge in [0.15, 0.2) is 0 Å². The zero-order valence-electron chi connectivity index (χ0n) is 23.5. The Bertz CT molecular complexity index is 1480. The van der Waals surface area contributed by atoms with Crippen LogP contribution >= 0.6 is 22.9 Å². The maximum Gasteiger partial charge on any atom is 0.266 e. The number of rotatable bonds is 9. The predicted octanol–water partition coefficient (Wildman–Crippen LogP) is 8.17. The number of halogens is 2. The van der Waals surface area contributed by atoms with Gasteiger partial charge in [-0.3, -0.25) is 4.79 Å². The van der Waals surface area contributed by atoms with E-state index in [1.165, 1.54) is 6.07 Å². The summed E-state index contributed by atoms with van der Waals surface area (Å²) in [5.74, 6) is 2.79. The predicted molar refractivity (Wildman–Crippen MR) is 166 cm³/mol. The van der Waals surface area contributed by atoms with Crippen LogP contribution in [0.1, 0.15) is 65.9 Å². The number of terminal acetylenes is 1. The number of benzene rings is 2. The molecule has 2 aromatic carbocycles. The molecule has 40 heavy (non-hydrogen) atoms. The average molecular weight is 579 g/mol. The number of carbonyl (C=O) groups excluding carboxylic acids is 1. The highest BCUT2D eigenvalue weighted by Crippen LogP contribution is 2.41. The Morgan fingerprint density at radius 2 is 2.02 bits per heavy atom. The van der Waals surface area contributed by atoms with Crippen LogP contribution in [0.5, 0.6) is 5.75 Å². The van der Waals surface area contributed by atoms with Crippen molar-refractivity contribution in [1.29, 1.82) is 0 Å². The summed E-state index contributed by atoms with van der Waals surface area (Å²) in [6.07, 6.45) is 14.9. The number of nitrogens with one attached hydrogen (secondary N) is 1. The van der Waals surface area contributed by atoms with Crippen LogP contribution in [-0.4, -0.2) is 36.5 Å². The first-order chi connectivity index (χ1) is 19.3. The van der Waals surface area contributed by atoms with Crippen molar-refractivity contribution in [2.75, 3.05) is 13.7 Å². The molecule has 1 aromatic heterocycles. The fourth-order valence-corrected chi connectivity index (χ4v) is 7.09. The summed E-state index contributed by atoms with van der Waals surface area (Å²) in [4.78, 5) is 16.6. The minimum atomic E-state index is -0.365. The summed E-state index contributed by atoms with van der Waals surface area (Å²) in [5, 5.41) is 4.30. The van der Waals surface area contributed by atoms with E-state index in [4.69, 9.17) is 22.8 Å². The third kappa shape index (κ3) is 6.28. The summed E-state index contributed by atoms with van der Waals surface area (Å²) in [6.45, 7) is 6.60. The molecule has 1 heterocycles. The minimum absolute atomic E-state index is 0.0127. The molecule has 4 nitrogen and oxygen atoms in total. The molecule has 0 saturated heterocycles. The monoisotopic (exact) mass is 578 g/mol. The minimum Gasteiger partial charge on any atom is -0.494 e. The van der Waals surface area contributed by atoms with E-state index < -0.39 is 0 Å². The Kier molecular flexibility index (Phi) is 10.1. The number of ether oxygens (including phenoxy) is 1. The number of allylic oxidation sites excluding steroid dienone is 4. The lowest BCUT2D eigenvalue weighted by Crippen LogP contribution is -2.44. The van der Waals surface area contributed by atoms with Gasteiger partial charge in [-0.25, -0.2) is 4.39 Å². The molecule has 0 spiro atoms. The first kappa shape index (κ1) is 29.9. The largest absolute Gasteiger partial charge is 0.494 e. The molecule has 210 valence electrons. The van der Waals surface area contributed by atoms with Crippen LogP contribution in [0.4, 0.5) is 4.39 Å². The zero-order valence-corrected chi connectivity index (χ0v) is 25.1. The Balaban J connectivity index is 1.80. The summed E-state index contributed by atoms with van der Waals surface area (Å²) < 4.78 is 21.2. The standard InChI is InChI=1S/C33H36ClFN2O2S/c1-6-9-22(10-7-2)23-12-18-28(39-8-3)24(19-23)20-37(26-15-13-25(36-5)14-16-26)33(38)32-30(34)29-21(4)11-17-27(35)31(29)40-32/h1,7,9-12,17-19,25-26,36H,8,13-16,20H2,2-5H3/b10-7-,22-9+. The molecular weight excluding hydrogens is 543 g/mol. The SMILES string of the molecule is C#C/C=C(\C=C/C)c1ccc(OCC)c(CN(C(=O)c2sc3c(F)ccc(C)c3c2Cl)C2CCC(NC)CC2)c1. The maximum absolute atomic E-state index is 14.8. The van der Waals surface area contributed by atoms with Crippen LogP contribution in [0.2, 0.25) is 5.02 Å². The van der Waals surface area contributed by atoms with Gasteiger partial charge in [0.1, 0.15) is 16.4 Å². The highest BCUT2D eigenvalue weighted by Gasteiger charge is 2.32. The number of amides is 1. The maximum atomic E-state index is 14.8. The Morgan fingerprint density at radius 3 is 2.65 bits per heavy atom. The van der Waals surface area contributed by atoms with E-state index in [-0.39, 0.29) is 17.8 Å². The molecule has 0 atom stereocenters. The fraction of sp³-hybridized carbons (Fsp3) is 0.364. The molecule has 0 aliphatic heterocycles. The van der Waals surface area contributed by atoms with Crippen LogP contribution in [-0.2, 0) is 6.54 Å². The number of nitrogens with zero attached hydrogens (tertiary/aromatic N) is 1. The highest BCUT2D eigenvalue weighted by atomic mass is 35.5. The van der Waals surface area contributed by atoms with Gasteiger partial charge in [0.25, 0.3) is 5.91 Å². The van der Waals surface area contributed by atoms with Gasteiger partial charge in [0.05, 0.1) is 16.3 Å². The second-order valence-corrected chi connectivity index (χ2v) is 11.5. The molecule has 1 amide bonds. The number of thiophene rings is 1. The van der Waals surface area contributed by atoms with Crippen LogP contribution in [0, 0.1) is 25.1 Å². The van der Waals surface area contributed by atoms with E-state index >= 15 is 0 Å². The molecule has 3 aromatic rings. The number of aryl methyl sites for hydroxylation is 1. The zero-order chi connectivity index (χ0) is 28.8. The second kappa shape index (κ2) is 13.5. The van der Waals surface area contributed by atoms with Crippen LogP contribution in [0.25, 0.3) is 15.7 Å². The van der Waals surface area contributed by atoms with Crippen molar-refractivity contribution >= 4 is 44.5 Å². The molecule has 1 aliphatic carbocycles. The lowest BCUT2D eigenvalue weighted by atomic mass is 9.89. The van der Waals surface area contributed by atoms with Crippen molar-refractivity contribution in [1.82, 2.24) is 10.2 Å². The molecule has 7 heteroatoms. The molecular formula is C33H36ClFN2O2S. The van der Waals surface area contributed by atoms with Crippen LogP contribution in [0.3, 0.4) is 0 Å². The lowest BCUT2D eigenvalue weighted by Gasteiger charge is -2.37. The number of hydrogen-bond acceptors (Lipinski definition) is 4. The molecule has 1 N–H and O–H groups in total. The first-order valence-electron chi connectivity index (χ1n) is 13.7. The van der Waals surface area contributed by atoms with E-state index in [1.54, 1.807) is 12.1 Å². The van der Waals surface area contributed by atoms with E-state index in [1.807, 2.05) is 63.1 Å². The van der Waals surface area contributed by atoms with Gasteiger partial charge in [-0.2, -0.15) is 0 Å². The summed E-state index contributed by atoms with van der Waals surface area (Å²) in [5.41, 5.74) is 3.58. The number of hydrogen-bond donors (Lipinski definition) is 1. The van der Waals surface area contributed by atoms with Crippen molar-refractivity contribution in [3.8, 4) is 18.1 Å². The normalized spacial score (nSPS) is 17.8. The fourth-order valence-electron chi connectivity index (χ4n) is 5.46. The van der Waals surface area contributed by atoms with Gasteiger partial charge in [-0.05, 0) is 94.5 Å². The van der Waals surface area contributed by atoms with Crippen molar-refractivity contribution in [2.45, 2.75) is 65.1 Å². The van der Waals surface area contributed by atoms with Crippen molar-refractivity contribution in [3.05, 3.63) is 81.0 Å². The molecule has 0 unspecified atom stereocenters. The van der Waals surface area contributed by atoms with Crippen molar-refractivity contribution < 1.29 is 13.9 Å². The molecule has 0 radical (unpaired) electrons. The van der Waals surface area contributed by atoms with E-state index in [0.29, 0.717) is 39.2 Å². The molecule has 1 aliphatic rings. The number of fused-ring (bicyclic) bond motifs is 1. The molecule has 0 bridgehead atoms. The Labute approximate surface area is 245 Å². The molecule has 1 fully saturated rings. The van der Waals surface area contributed by atoms with Crippen LogP contribution < -0.4 is 10.1 Å². The molecule has 1 saturated carbocycles. The lowest BCUT2D eigenvalue weighted by molar-refractivity contribution is 0.0604. The van der Waals surface area contributed by atoms with Crippen molar-refractivity contribution in [3.63, 3.8) is 0 Å². The van der Waals surface area contributed by atoms with Gasteiger partial charge in [-0.15, -0.1) is 17.8 Å². The molecule has 4 rings (SSSR count). The van der Waals surface area contributed by atoms with Gasteiger partial charge in [-0.1, -0.05) is 41.8 Å². The first-order valence-corrected chi connectivity index (χ1v) is 14.9. The third-order valence-corrected chi connectivity index (χ3v) is 9.24. The van der Waals surface area contributed by atoms with Gasteiger partial charge < -0.3 is 15.0 Å². The summed E-state index contributed by atoms with van der Waals surface area (Å²) in [6, 6.07) is 9.54. The third-order valence-electron chi connectivity index (χ3n) is 7.56. The Hall–Kier alpha value is -3.11. The van der Waals surface area contributed by atoms with E-state index in [0.717, 1.165) is 65.0 Å². The van der Waals surface area contributed by atoms with Gasteiger partial charge in [0, 0.05) is 29.6 Å². The topological polar surface area (TPSA) is 41.6 Å². The Morgan fingerprint density at radius 1 is 1.27 bits per heavy atom. The van der Waals surface area contributed by atoms with Crippen LogP contribution in [0.15, 0.2) is 48.6 Å². The second-order valence-electron chi connectivity index (χ2n) is 10.1. The smallest absolute Gasteiger partial charge is 0.266 e. The number of carbonyl (C=O) groups is 1. The highest BCUT2D eigenvalue weighted by molar-refractivity contribution is 7.21. The van der Waals surface area contributed by atoms with Gasteiger partial charge >= 0.3 is 0 Å². The summed E-state index contributed by atoms with van der Waals surface area (Å²) >= 11 is 7.94. The van der Waals surface area contributed by atoms with E-state index in [2.05, 4.69) is 11.2 Å². The quantitative estimate of drug-likeness (QED) is 0.206. The average Bonchev–Trinajstić information content (AvgIpc) is 3.32. The summed E-state index contributed by atoms with van der Waals surface area (Å²) in [7, 11) is 1.98. The van der Waals surface area contributed by atoms with Crippen molar-refractivity contribution in [2.24, 2.45) is 0 Å².